The van der Waals surface area contributed by atoms with Gasteiger partial charge in [0.1, 0.15) is 0 Å². The molecule has 0 saturated carbocycles. The number of piperidine rings is 1. The van der Waals surface area contributed by atoms with Crippen LogP contribution in [0.5, 0.6) is 0 Å². The largest absolute Gasteiger partial charge is 0.277 e. The number of sulfonamides is 1. The zero-order valence-electron chi connectivity index (χ0n) is 9.79. The van der Waals surface area contributed by atoms with Gasteiger partial charge < -0.3 is 0 Å². The second kappa shape index (κ2) is 5.61. The molecule has 0 aromatic rings. The number of hydrogen-bond donors (Lipinski definition) is 2. The maximum atomic E-state index is 11.3. The Morgan fingerprint density at radius 2 is 1.94 bits per heavy atom. The lowest BCUT2D eigenvalue weighted by molar-refractivity contribution is 0.242. The first-order valence-corrected chi connectivity index (χ1v) is 8.84. The standard InChI is InChI=1S/C8H19N3O4S2/c1-16(12,13)10-6-5-8-4-2-3-7-11(8)17(9,14)15/h8,10H,2-7H2,1H3,(H2,9,14,15). The first-order valence-electron chi connectivity index (χ1n) is 5.44. The van der Waals surface area contributed by atoms with E-state index < -0.39 is 20.2 Å². The number of hydrogen-bond acceptors (Lipinski definition) is 4. The zero-order valence-corrected chi connectivity index (χ0v) is 11.4. The molecule has 0 bridgehead atoms. The van der Waals surface area contributed by atoms with E-state index in [4.69, 9.17) is 5.14 Å². The molecule has 1 aliphatic heterocycles. The molecule has 17 heavy (non-hydrogen) atoms. The topological polar surface area (TPSA) is 110 Å². The first-order chi connectivity index (χ1) is 7.70. The fourth-order valence-corrected chi connectivity index (χ4v) is 3.51. The molecule has 0 spiro atoms. The molecule has 1 rings (SSSR count). The predicted molar refractivity (Wildman–Crippen MR) is 64.9 cm³/mol. The van der Waals surface area contributed by atoms with E-state index in [0.717, 1.165) is 25.5 Å². The van der Waals surface area contributed by atoms with Crippen LogP contribution in [0.15, 0.2) is 0 Å². The van der Waals surface area contributed by atoms with Gasteiger partial charge in [-0.3, -0.25) is 0 Å². The Hall–Kier alpha value is -0.220. The lowest BCUT2D eigenvalue weighted by atomic mass is 10.0. The van der Waals surface area contributed by atoms with Gasteiger partial charge in [-0.15, -0.1) is 0 Å². The van der Waals surface area contributed by atoms with Crippen molar-refractivity contribution in [2.24, 2.45) is 5.14 Å². The molecule has 102 valence electrons. The Labute approximate surface area is 103 Å². The molecule has 1 atom stereocenters. The monoisotopic (exact) mass is 285 g/mol. The van der Waals surface area contributed by atoms with Gasteiger partial charge >= 0.3 is 0 Å². The van der Waals surface area contributed by atoms with Crippen LogP contribution in [0.25, 0.3) is 0 Å². The Balaban J connectivity index is 2.55. The lowest BCUT2D eigenvalue weighted by Gasteiger charge is -2.33. The minimum absolute atomic E-state index is 0.201. The summed E-state index contributed by atoms with van der Waals surface area (Å²) >= 11 is 0. The zero-order chi connectivity index (χ0) is 13.1. The molecule has 0 amide bonds. The van der Waals surface area contributed by atoms with Crippen molar-refractivity contribution in [1.29, 1.82) is 0 Å². The summed E-state index contributed by atoms with van der Waals surface area (Å²) in [5.41, 5.74) is 0. The van der Waals surface area contributed by atoms with Gasteiger partial charge in [0.15, 0.2) is 0 Å². The highest BCUT2D eigenvalue weighted by atomic mass is 32.2. The second-order valence-corrected chi connectivity index (χ2v) is 7.59. The molecule has 0 aromatic carbocycles. The average Bonchev–Trinajstić information content (AvgIpc) is 2.15. The van der Waals surface area contributed by atoms with Crippen molar-refractivity contribution >= 4 is 20.2 Å². The van der Waals surface area contributed by atoms with E-state index >= 15 is 0 Å². The summed E-state index contributed by atoms with van der Waals surface area (Å²) in [5.74, 6) is 0. The highest BCUT2D eigenvalue weighted by molar-refractivity contribution is 7.88. The molecule has 7 nitrogen and oxygen atoms in total. The third kappa shape index (κ3) is 5.30. The molecular weight excluding hydrogens is 266 g/mol. The van der Waals surface area contributed by atoms with Crippen LogP contribution >= 0.6 is 0 Å². The van der Waals surface area contributed by atoms with Crippen LogP contribution < -0.4 is 9.86 Å². The summed E-state index contributed by atoms with van der Waals surface area (Å²) in [6.45, 7) is 0.651. The first kappa shape index (κ1) is 14.8. The van der Waals surface area contributed by atoms with Crippen LogP contribution in [0.4, 0.5) is 0 Å². The Morgan fingerprint density at radius 1 is 1.29 bits per heavy atom. The lowest BCUT2D eigenvalue weighted by Crippen LogP contribution is -2.47. The molecule has 1 saturated heterocycles. The summed E-state index contributed by atoms with van der Waals surface area (Å²) in [5, 5.41) is 5.12. The summed E-state index contributed by atoms with van der Waals surface area (Å²) in [4.78, 5) is 0. The van der Waals surface area contributed by atoms with Gasteiger partial charge in [0.25, 0.3) is 10.2 Å². The summed E-state index contributed by atoms with van der Waals surface area (Å²) in [6, 6.07) is -0.201. The quantitative estimate of drug-likeness (QED) is 0.674. The maximum absolute atomic E-state index is 11.3. The molecule has 3 N–H and O–H groups in total. The Morgan fingerprint density at radius 3 is 2.47 bits per heavy atom. The van der Waals surface area contributed by atoms with E-state index in [1.54, 1.807) is 0 Å². The smallest absolute Gasteiger partial charge is 0.216 e. The summed E-state index contributed by atoms with van der Waals surface area (Å²) < 4.78 is 48.0. The fraction of sp³-hybridized carbons (Fsp3) is 1.00. The molecule has 1 fully saturated rings. The van der Waals surface area contributed by atoms with Crippen molar-refractivity contribution in [2.45, 2.75) is 31.7 Å². The number of nitrogens with two attached hydrogens (primary N) is 1. The van der Waals surface area contributed by atoms with Crippen LogP contribution in [-0.4, -0.2) is 46.5 Å². The molecule has 0 aromatic heterocycles. The molecule has 1 unspecified atom stereocenters. The van der Waals surface area contributed by atoms with Gasteiger partial charge in [0, 0.05) is 19.1 Å². The second-order valence-electron chi connectivity index (χ2n) is 4.26. The highest BCUT2D eigenvalue weighted by Gasteiger charge is 2.29. The van der Waals surface area contributed by atoms with Crippen molar-refractivity contribution in [3.63, 3.8) is 0 Å². The van der Waals surface area contributed by atoms with Crippen LogP contribution in [-0.2, 0) is 20.2 Å². The number of rotatable bonds is 5. The molecule has 1 heterocycles. The third-order valence-electron chi connectivity index (χ3n) is 2.74. The molecule has 0 aliphatic carbocycles. The van der Waals surface area contributed by atoms with Gasteiger partial charge in [0.2, 0.25) is 10.0 Å². The highest BCUT2D eigenvalue weighted by Crippen LogP contribution is 2.20. The van der Waals surface area contributed by atoms with E-state index in [-0.39, 0.29) is 12.6 Å². The van der Waals surface area contributed by atoms with Crippen molar-refractivity contribution in [3.05, 3.63) is 0 Å². The molecule has 0 radical (unpaired) electrons. The summed E-state index contributed by atoms with van der Waals surface area (Å²) in [6.07, 6.45) is 3.98. The number of nitrogens with zero attached hydrogens (tertiary/aromatic N) is 1. The van der Waals surface area contributed by atoms with E-state index in [1.165, 1.54) is 4.31 Å². The van der Waals surface area contributed by atoms with Gasteiger partial charge in [-0.25, -0.2) is 18.3 Å². The fourth-order valence-electron chi connectivity index (χ4n) is 2.01. The van der Waals surface area contributed by atoms with Crippen LogP contribution in [0.3, 0.4) is 0 Å². The van der Waals surface area contributed by atoms with E-state index in [0.29, 0.717) is 13.0 Å². The maximum Gasteiger partial charge on any atom is 0.277 e. The van der Waals surface area contributed by atoms with Crippen LogP contribution in [0.2, 0.25) is 0 Å². The Bertz CT molecular complexity index is 445. The third-order valence-corrected chi connectivity index (χ3v) is 4.60. The van der Waals surface area contributed by atoms with E-state index in [2.05, 4.69) is 4.72 Å². The Kier molecular flexibility index (Phi) is 4.90. The van der Waals surface area contributed by atoms with Crippen molar-refractivity contribution in [2.75, 3.05) is 19.3 Å². The van der Waals surface area contributed by atoms with Crippen molar-refractivity contribution in [1.82, 2.24) is 9.03 Å². The van der Waals surface area contributed by atoms with Gasteiger partial charge in [-0.2, -0.15) is 12.7 Å². The normalized spacial score (nSPS) is 23.8. The predicted octanol–water partition coefficient (Wildman–Crippen LogP) is -1.02. The van der Waals surface area contributed by atoms with Gasteiger partial charge in [0.05, 0.1) is 6.26 Å². The van der Waals surface area contributed by atoms with Gasteiger partial charge in [-0.05, 0) is 19.3 Å². The van der Waals surface area contributed by atoms with Crippen LogP contribution in [0, 0.1) is 0 Å². The van der Waals surface area contributed by atoms with E-state index in [9.17, 15) is 16.8 Å². The van der Waals surface area contributed by atoms with Crippen LogP contribution in [0.1, 0.15) is 25.7 Å². The van der Waals surface area contributed by atoms with Crippen molar-refractivity contribution in [3.8, 4) is 0 Å². The molecular formula is C8H19N3O4S2. The number of nitrogens with one attached hydrogen (secondary N) is 1. The van der Waals surface area contributed by atoms with Gasteiger partial charge in [-0.1, -0.05) is 6.42 Å². The van der Waals surface area contributed by atoms with Crippen molar-refractivity contribution < 1.29 is 16.8 Å². The minimum atomic E-state index is -3.68. The summed E-state index contributed by atoms with van der Waals surface area (Å²) in [7, 11) is -6.91. The average molecular weight is 285 g/mol. The molecule has 9 heteroatoms. The van der Waals surface area contributed by atoms with E-state index in [1.807, 2.05) is 0 Å². The molecule has 1 aliphatic rings. The minimum Gasteiger partial charge on any atom is -0.216 e. The SMILES string of the molecule is CS(=O)(=O)NCCC1CCCCN1S(N)(=O)=O.